The second-order valence-electron chi connectivity index (χ2n) is 5.44. The molecule has 2 aromatic carbocycles. The Labute approximate surface area is 148 Å². The van der Waals surface area contributed by atoms with Crippen LogP contribution in [0.25, 0.3) is 21.3 Å². The number of hydrogen-bond acceptors (Lipinski definition) is 3. The minimum Gasteiger partial charge on any atom is -0.268 e. The highest BCUT2D eigenvalue weighted by Crippen LogP contribution is 2.30. The molecule has 2 heterocycles. The van der Waals surface area contributed by atoms with E-state index in [0.717, 1.165) is 27.3 Å². The number of aromatic nitrogens is 3. The number of halogens is 1. The second-order valence-corrected chi connectivity index (χ2v) is 6.87. The maximum absolute atomic E-state index is 6.45. The average molecular weight is 352 g/mol. The van der Waals surface area contributed by atoms with Gasteiger partial charge in [0.2, 0.25) is 0 Å². The fourth-order valence-corrected chi connectivity index (χ4v) is 3.65. The molecule has 0 saturated carbocycles. The Bertz CT molecular complexity index is 969. The molecular weight excluding hydrogens is 338 g/mol. The van der Waals surface area contributed by atoms with Crippen LogP contribution in [0.4, 0.5) is 0 Å². The molecule has 0 aliphatic heterocycles. The van der Waals surface area contributed by atoms with Crippen molar-refractivity contribution >= 4 is 44.3 Å². The van der Waals surface area contributed by atoms with Gasteiger partial charge in [0, 0.05) is 11.8 Å². The Balaban J connectivity index is 1.56. The fraction of sp³-hybridized carbons (Fsp3) is 0.0526. The van der Waals surface area contributed by atoms with Gasteiger partial charge in [0.1, 0.15) is 5.01 Å². The van der Waals surface area contributed by atoms with E-state index in [4.69, 9.17) is 11.6 Å². The molecule has 0 atom stereocenters. The molecule has 0 saturated heterocycles. The second kappa shape index (κ2) is 6.59. The summed E-state index contributed by atoms with van der Waals surface area (Å²) in [6, 6.07) is 18.3. The van der Waals surface area contributed by atoms with Gasteiger partial charge in [-0.3, -0.25) is 4.68 Å². The summed E-state index contributed by atoms with van der Waals surface area (Å²) in [6.45, 7) is 0.743. The van der Waals surface area contributed by atoms with E-state index < -0.39 is 0 Å². The molecule has 0 aliphatic rings. The molecule has 4 rings (SSSR count). The first-order valence-corrected chi connectivity index (χ1v) is 8.77. The van der Waals surface area contributed by atoms with Crippen molar-refractivity contribution in [3.8, 4) is 0 Å². The predicted octanol–water partition coefficient (Wildman–Crippen LogP) is 5.28. The van der Waals surface area contributed by atoms with Gasteiger partial charge in [-0.1, -0.05) is 54.1 Å². The fourth-order valence-electron chi connectivity index (χ4n) is 2.49. The average Bonchev–Trinajstić information content (AvgIpc) is 3.22. The Morgan fingerprint density at radius 1 is 1.08 bits per heavy atom. The Hall–Kier alpha value is -2.43. The smallest absolute Gasteiger partial charge is 0.136 e. The minimum absolute atomic E-state index is 0.635. The molecule has 118 valence electrons. The highest BCUT2D eigenvalue weighted by molar-refractivity contribution is 7.20. The molecule has 0 aliphatic carbocycles. The lowest BCUT2D eigenvalue weighted by atomic mass is 10.2. The van der Waals surface area contributed by atoms with Gasteiger partial charge in [0.25, 0.3) is 0 Å². The van der Waals surface area contributed by atoms with E-state index in [1.165, 1.54) is 5.56 Å². The summed E-state index contributed by atoms with van der Waals surface area (Å²) in [7, 11) is 0. The van der Waals surface area contributed by atoms with Crippen LogP contribution in [0.5, 0.6) is 0 Å². The Morgan fingerprint density at radius 3 is 2.71 bits per heavy atom. The van der Waals surface area contributed by atoms with Crippen LogP contribution >= 0.6 is 22.9 Å². The van der Waals surface area contributed by atoms with Crippen molar-refractivity contribution in [2.45, 2.75) is 6.54 Å². The van der Waals surface area contributed by atoms with Crippen LogP contribution in [0.3, 0.4) is 0 Å². The number of rotatable bonds is 4. The maximum Gasteiger partial charge on any atom is 0.136 e. The zero-order chi connectivity index (χ0) is 16.4. The number of nitrogens with zero attached hydrogens (tertiary/aromatic N) is 3. The molecule has 2 aromatic heterocycles. The third kappa shape index (κ3) is 3.25. The molecule has 0 bridgehead atoms. The first-order valence-electron chi connectivity index (χ1n) is 7.57. The van der Waals surface area contributed by atoms with Crippen molar-refractivity contribution in [3.63, 3.8) is 0 Å². The number of thiazole rings is 1. The molecule has 0 radical (unpaired) electrons. The lowest BCUT2D eigenvalue weighted by molar-refractivity contribution is 0.687. The molecule has 4 aromatic rings. The standard InChI is InChI=1S/C19H14ClN3S/c20-16(19-22-17-8-4-5-9-18(17)24-19)10-15-11-21-23(13-15)12-14-6-2-1-3-7-14/h1-11,13H,12H2/b16-10-. The van der Waals surface area contributed by atoms with E-state index in [-0.39, 0.29) is 0 Å². The molecule has 0 unspecified atom stereocenters. The van der Waals surface area contributed by atoms with Crippen LogP contribution in [0.15, 0.2) is 67.0 Å². The molecule has 24 heavy (non-hydrogen) atoms. The monoisotopic (exact) mass is 351 g/mol. The topological polar surface area (TPSA) is 30.7 Å². The van der Waals surface area contributed by atoms with E-state index in [9.17, 15) is 0 Å². The van der Waals surface area contributed by atoms with Crippen LogP contribution in [-0.4, -0.2) is 14.8 Å². The zero-order valence-electron chi connectivity index (χ0n) is 12.8. The van der Waals surface area contributed by atoms with Crippen LogP contribution in [0.1, 0.15) is 16.1 Å². The van der Waals surface area contributed by atoms with Crippen molar-refractivity contribution in [3.05, 3.63) is 83.1 Å². The number of benzene rings is 2. The molecule has 0 spiro atoms. The van der Waals surface area contributed by atoms with Crippen LogP contribution in [0, 0.1) is 0 Å². The first-order chi connectivity index (χ1) is 11.8. The van der Waals surface area contributed by atoms with Gasteiger partial charge >= 0.3 is 0 Å². The summed E-state index contributed by atoms with van der Waals surface area (Å²) >= 11 is 8.05. The van der Waals surface area contributed by atoms with E-state index >= 15 is 0 Å². The van der Waals surface area contributed by atoms with Gasteiger partial charge in [0.15, 0.2) is 0 Å². The molecule has 0 amide bonds. The SMILES string of the molecule is Cl/C(=C\c1cnn(Cc2ccccc2)c1)c1nc2ccccc2s1. The van der Waals surface area contributed by atoms with Gasteiger partial charge in [0.05, 0.1) is 28.0 Å². The third-order valence-corrected chi connectivity index (χ3v) is 5.10. The Morgan fingerprint density at radius 2 is 1.88 bits per heavy atom. The molecule has 5 heteroatoms. The number of hydrogen-bond donors (Lipinski definition) is 0. The summed E-state index contributed by atoms with van der Waals surface area (Å²) in [5.41, 5.74) is 3.16. The number of fused-ring (bicyclic) bond motifs is 1. The summed E-state index contributed by atoms with van der Waals surface area (Å²) in [5.74, 6) is 0. The highest BCUT2D eigenvalue weighted by Gasteiger charge is 2.07. The lowest BCUT2D eigenvalue weighted by Crippen LogP contribution is -1.99. The zero-order valence-corrected chi connectivity index (χ0v) is 14.3. The van der Waals surface area contributed by atoms with E-state index in [1.807, 2.05) is 59.5 Å². The predicted molar refractivity (Wildman–Crippen MR) is 101 cm³/mol. The van der Waals surface area contributed by atoms with Crippen LogP contribution in [-0.2, 0) is 6.54 Å². The minimum atomic E-state index is 0.635. The van der Waals surface area contributed by atoms with E-state index in [1.54, 1.807) is 11.3 Å². The van der Waals surface area contributed by atoms with Crippen molar-refractivity contribution in [1.29, 1.82) is 0 Å². The third-order valence-electron chi connectivity index (χ3n) is 3.63. The van der Waals surface area contributed by atoms with Gasteiger partial charge in [-0.15, -0.1) is 11.3 Å². The van der Waals surface area contributed by atoms with Gasteiger partial charge in [-0.2, -0.15) is 5.10 Å². The van der Waals surface area contributed by atoms with Gasteiger partial charge in [-0.25, -0.2) is 4.98 Å². The molecule has 0 fully saturated rings. The van der Waals surface area contributed by atoms with E-state index in [2.05, 4.69) is 28.3 Å². The van der Waals surface area contributed by atoms with Gasteiger partial charge in [-0.05, 0) is 23.8 Å². The summed E-state index contributed by atoms with van der Waals surface area (Å²) in [4.78, 5) is 4.57. The molecule has 0 N–H and O–H groups in total. The van der Waals surface area contributed by atoms with Crippen molar-refractivity contribution in [2.24, 2.45) is 0 Å². The normalized spacial score (nSPS) is 12.0. The number of para-hydroxylation sites is 1. The van der Waals surface area contributed by atoms with Crippen LogP contribution in [0.2, 0.25) is 0 Å². The maximum atomic E-state index is 6.45. The molecule has 3 nitrogen and oxygen atoms in total. The quantitative estimate of drug-likeness (QED) is 0.501. The first kappa shape index (κ1) is 15.1. The van der Waals surface area contributed by atoms with E-state index in [0.29, 0.717) is 5.03 Å². The Kier molecular flexibility index (Phi) is 4.15. The van der Waals surface area contributed by atoms with Crippen LogP contribution < -0.4 is 0 Å². The van der Waals surface area contributed by atoms with Crippen molar-refractivity contribution < 1.29 is 0 Å². The van der Waals surface area contributed by atoms with Crippen molar-refractivity contribution in [2.75, 3.05) is 0 Å². The van der Waals surface area contributed by atoms with Gasteiger partial charge < -0.3 is 0 Å². The largest absolute Gasteiger partial charge is 0.268 e. The summed E-state index contributed by atoms with van der Waals surface area (Å²) in [6.07, 6.45) is 5.72. The molecular formula is C19H14ClN3S. The summed E-state index contributed by atoms with van der Waals surface area (Å²) < 4.78 is 3.04. The highest BCUT2D eigenvalue weighted by atomic mass is 35.5. The van der Waals surface area contributed by atoms with Crippen molar-refractivity contribution in [1.82, 2.24) is 14.8 Å². The lowest BCUT2D eigenvalue weighted by Gasteiger charge is -2.00. The summed E-state index contributed by atoms with van der Waals surface area (Å²) in [5, 5.41) is 5.86.